The molecular weight excluding hydrogens is 306 g/mol. The summed E-state index contributed by atoms with van der Waals surface area (Å²) in [6.07, 6.45) is 0. The molecule has 0 saturated heterocycles. The normalized spacial score (nSPS) is 12.0. The van der Waals surface area contributed by atoms with Gasteiger partial charge >= 0.3 is 0 Å². The Kier molecular flexibility index (Phi) is 2.35. The molecule has 6 rings (SSSR count). The van der Waals surface area contributed by atoms with E-state index in [0.29, 0.717) is 0 Å². The van der Waals surface area contributed by atoms with Crippen LogP contribution in [0.2, 0.25) is 0 Å². The van der Waals surface area contributed by atoms with Crippen molar-refractivity contribution >= 4 is 43.4 Å². The van der Waals surface area contributed by atoms with Gasteiger partial charge in [0.15, 0.2) is 0 Å². The minimum absolute atomic E-state index is 0.910. The molecule has 0 spiro atoms. The van der Waals surface area contributed by atoms with E-state index >= 15 is 0 Å². The summed E-state index contributed by atoms with van der Waals surface area (Å²) in [6, 6.07) is 27.7. The Balaban J connectivity index is 1.82. The van der Waals surface area contributed by atoms with E-state index in [1.54, 1.807) is 0 Å². The number of fused-ring (bicyclic) bond motifs is 1. The molecule has 5 aromatic carbocycles. The topological polar surface area (TPSA) is 30.7 Å². The average molecular weight is 319 g/mol. The highest BCUT2D eigenvalue weighted by molar-refractivity contribution is 6.24. The van der Waals surface area contributed by atoms with Gasteiger partial charge in [0.2, 0.25) is 0 Å². The zero-order chi connectivity index (χ0) is 16.4. The summed E-state index contributed by atoms with van der Waals surface area (Å²) in [5.41, 5.74) is 3.00. The highest BCUT2D eigenvalue weighted by Gasteiger charge is 2.13. The third-order valence-electron chi connectivity index (χ3n) is 5.09. The second-order valence-electron chi connectivity index (χ2n) is 6.43. The number of rotatable bonds is 1. The van der Waals surface area contributed by atoms with Crippen LogP contribution in [0.4, 0.5) is 0 Å². The van der Waals surface area contributed by atoms with Crippen molar-refractivity contribution in [3.05, 3.63) is 78.9 Å². The van der Waals surface area contributed by atoms with E-state index in [-0.39, 0.29) is 0 Å². The number of para-hydroxylation sites is 1. The predicted octanol–water partition coefficient (Wildman–Crippen LogP) is 5.32. The van der Waals surface area contributed by atoms with Crippen molar-refractivity contribution in [2.75, 3.05) is 0 Å². The molecule has 0 unspecified atom stereocenters. The number of nitrogens with zero attached hydrogens (tertiary/aromatic N) is 3. The first-order valence-electron chi connectivity index (χ1n) is 8.37. The van der Waals surface area contributed by atoms with E-state index in [4.69, 9.17) is 0 Å². The molecule has 6 aromatic rings. The van der Waals surface area contributed by atoms with E-state index in [9.17, 15) is 0 Å². The van der Waals surface area contributed by atoms with Crippen molar-refractivity contribution in [2.45, 2.75) is 0 Å². The summed E-state index contributed by atoms with van der Waals surface area (Å²) in [4.78, 5) is 0. The fourth-order valence-corrected chi connectivity index (χ4v) is 3.95. The molecule has 0 bridgehead atoms. The van der Waals surface area contributed by atoms with Crippen LogP contribution < -0.4 is 0 Å². The Morgan fingerprint density at radius 3 is 2.20 bits per heavy atom. The highest BCUT2D eigenvalue weighted by atomic mass is 15.4. The monoisotopic (exact) mass is 319 g/mol. The Morgan fingerprint density at radius 1 is 0.600 bits per heavy atom. The minimum Gasteiger partial charge on any atom is -0.212 e. The second kappa shape index (κ2) is 4.54. The zero-order valence-corrected chi connectivity index (χ0v) is 13.3. The van der Waals surface area contributed by atoms with E-state index in [0.717, 1.165) is 16.7 Å². The first-order chi connectivity index (χ1) is 12.4. The SMILES string of the molecule is c1cc2ccc3ccc(-n4nnc5ccccc54)c4ccc(c1)c2c34. The lowest BCUT2D eigenvalue weighted by molar-refractivity contribution is 0.829. The van der Waals surface area contributed by atoms with Crippen molar-refractivity contribution in [2.24, 2.45) is 0 Å². The molecule has 3 nitrogen and oxygen atoms in total. The number of aromatic nitrogens is 3. The molecule has 1 aromatic heterocycles. The lowest BCUT2D eigenvalue weighted by atomic mass is 9.93. The van der Waals surface area contributed by atoms with E-state index in [1.165, 1.54) is 32.3 Å². The first-order valence-corrected chi connectivity index (χ1v) is 8.37. The van der Waals surface area contributed by atoms with Crippen LogP contribution in [-0.2, 0) is 0 Å². The quantitative estimate of drug-likeness (QED) is 0.384. The molecule has 3 heteroatoms. The van der Waals surface area contributed by atoms with E-state index in [2.05, 4.69) is 71.0 Å². The highest BCUT2D eigenvalue weighted by Crippen LogP contribution is 2.37. The van der Waals surface area contributed by atoms with Crippen LogP contribution in [0.3, 0.4) is 0 Å². The molecule has 0 aliphatic rings. The van der Waals surface area contributed by atoms with Crippen molar-refractivity contribution in [1.82, 2.24) is 15.0 Å². The van der Waals surface area contributed by atoms with Crippen molar-refractivity contribution < 1.29 is 0 Å². The van der Waals surface area contributed by atoms with Gasteiger partial charge in [-0.3, -0.25) is 0 Å². The zero-order valence-electron chi connectivity index (χ0n) is 13.3. The smallest absolute Gasteiger partial charge is 0.113 e. The molecule has 0 atom stereocenters. The van der Waals surface area contributed by atoms with Crippen LogP contribution in [0.5, 0.6) is 0 Å². The third-order valence-corrected chi connectivity index (χ3v) is 5.09. The molecule has 116 valence electrons. The molecule has 0 aliphatic carbocycles. The molecule has 0 fully saturated rings. The lowest BCUT2D eigenvalue weighted by Crippen LogP contribution is -1.98. The summed E-state index contributed by atoms with van der Waals surface area (Å²) in [6.45, 7) is 0. The van der Waals surface area contributed by atoms with Gasteiger partial charge in [0.25, 0.3) is 0 Å². The van der Waals surface area contributed by atoms with Crippen LogP contribution in [0.15, 0.2) is 78.9 Å². The molecule has 1 heterocycles. The van der Waals surface area contributed by atoms with Gasteiger partial charge < -0.3 is 0 Å². The number of hydrogen-bond acceptors (Lipinski definition) is 2. The molecule has 0 saturated carbocycles. The minimum atomic E-state index is 0.910. The fourth-order valence-electron chi connectivity index (χ4n) is 3.95. The van der Waals surface area contributed by atoms with Gasteiger partial charge in [0.05, 0.1) is 11.2 Å². The van der Waals surface area contributed by atoms with Crippen LogP contribution in [0.1, 0.15) is 0 Å². The summed E-state index contributed by atoms with van der Waals surface area (Å²) in [5.74, 6) is 0. The lowest BCUT2D eigenvalue weighted by Gasteiger charge is -2.13. The molecule has 0 amide bonds. The van der Waals surface area contributed by atoms with Gasteiger partial charge in [-0.15, -0.1) is 5.10 Å². The molecule has 0 N–H and O–H groups in total. The Labute approximate surface area is 143 Å². The van der Waals surface area contributed by atoms with Gasteiger partial charge in [0.1, 0.15) is 5.52 Å². The van der Waals surface area contributed by atoms with Gasteiger partial charge in [-0.1, -0.05) is 65.9 Å². The van der Waals surface area contributed by atoms with Gasteiger partial charge in [-0.2, -0.15) is 0 Å². The summed E-state index contributed by atoms with van der Waals surface area (Å²) in [5, 5.41) is 16.4. The molecule has 0 radical (unpaired) electrons. The van der Waals surface area contributed by atoms with Gasteiger partial charge in [-0.05, 0) is 45.1 Å². The number of benzene rings is 5. The van der Waals surface area contributed by atoms with Gasteiger partial charge in [-0.25, -0.2) is 4.68 Å². The van der Waals surface area contributed by atoms with Crippen molar-refractivity contribution in [3.63, 3.8) is 0 Å². The maximum Gasteiger partial charge on any atom is 0.113 e. The second-order valence-corrected chi connectivity index (χ2v) is 6.43. The standard InChI is InChI=1S/C22H13N3/c1-2-7-20-18(6-1)23-24-25(20)19-13-11-16-9-8-14-4-3-5-15-10-12-17(19)22(16)21(14)15/h1-13H. The maximum atomic E-state index is 4.41. The molecule has 0 aliphatic heterocycles. The Morgan fingerprint density at radius 2 is 1.32 bits per heavy atom. The van der Waals surface area contributed by atoms with E-state index in [1.807, 2.05) is 22.9 Å². The van der Waals surface area contributed by atoms with Gasteiger partial charge in [0, 0.05) is 5.39 Å². The largest absolute Gasteiger partial charge is 0.212 e. The van der Waals surface area contributed by atoms with E-state index < -0.39 is 0 Å². The predicted molar refractivity (Wildman–Crippen MR) is 103 cm³/mol. The van der Waals surface area contributed by atoms with Crippen molar-refractivity contribution in [3.8, 4) is 5.69 Å². The van der Waals surface area contributed by atoms with Crippen molar-refractivity contribution in [1.29, 1.82) is 0 Å². The van der Waals surface area contributed by atoms with Crippen LogP contribution >= 0.6 is 0 Å². The first kappa shape index (κ1) is 12.9. The fraction of sp³-hybridized carbons (Fsp3) is 0. The maximum absolute atomic E-state index is 4.41. The third kappa shape index (κ3) is 1.64. The van der Waals surface area contributed by atoms with Crippen LogP contribution in [0, 0.1) is 0 Å². The summed E-state index contributed by atoms with van der Waals surface area (Å²) < 4.78 is 1.95. The Hall–Kier alpha value is -3.46. The average Bonchev–Trinajstić information content (AvgIpc) is 3.10. The van der Waals surface area contributed by atoms with Crippen LogP contribution in [-0.4, -0.2) is 15.0 Å². The Bertz CT molecular complexity index is 1380. The summed E-state index contributed by atoms with van der Waals surface area (Å²) >= 11 is 0. The summed E-state index contributed by atoms with van der Waals surface area (Å²) in [7, 11) is 0. The van der Waals surface area contributed by atoms with Crippen LogP contribution in [0.25, 0.3) is 49.0 Å². The molecular formula is C22H13N3. The molecule has 25 heavy (non-hydrogen) atoms. The number of hydrogen-bond donors (Lipinski definition) is 0.